The molecular formula is C20H26N2O6S. The summed E-state index contributed by atoms with van der Waals surface area (Å²) in [6.07, 6.45) is 0.404. The van der Waals surface area contributed by atoms with E-state index in [9.17, 15) is 13.2 Å². The molecule has 0 aliphatic carbocycles. The number of nitrogens with one attached hydrogen (secondary N) is 1. The summed E-state index contributed by atoms with van der Waals surface area (Å²) in [5.74, 6) is 1.41. The molecular weight excluding hydrogens is 396 g/mol. The number of hydrogen-bond donors (Lipinski definition) is 1. The van der Waals surface area contributed by atoms with Crippen LogP contribution in [-0.2, 0) is 14.8 Å². The van der Waals surface area contributed by atoms with Gasteiger partial charge in [-0.3, -0.25) is 9.10 Å². The van der Waals surface area contributed by atoms with Crippen molar-refractivity contribution in [3.63, 3.8) is 0 Å². The number of methoxy groups -OCH3 is 1. The second-order valence-electron chi connectivity index (χ2n) is 6.27. The molecule has 0 bridgehead atoms. The fourth-order valence-corrected chi connectivity index (χ4v) is 2.91. The van der Waals surface area contributed by atoms with Crippen molar-refractivity contribution < 1.29 is 27.4 Å². The molecule has 0 saturated carbocycles. The largest absolute Gasteiger partial charge is 0.493 e. The van der Waals surface area contributed by atoms with E-state index in [0.717, 1.165) is 10.6 Å². The molecule has 0 spiro atoms. The lowest BCUT2D eigenvalue weighted by Gasteiger charge is -2.18. The van der Waals surface area contributed by atoms with Crippen LogP contribution < -0.4 is 23.8 Å². The lowest BCUT2D eigenvalue weighted by Crippen LogP contribution is -2.38. The monoisotopic (exact) mass is 422 g/mol. The highest BCUT2D eigenvalue weighted by atomic mass is 32.2. The van der Waals surface area contributed by atoms with Crippen LogP contribution in [-0.4, -0.2) is 54.0 Å². The van der Waals surface area contributed by atoms with E-state index in [1.165, 1.54) is 7.05 Å². The van der Waals surface area contributed by atoms with Crippen molar-refractivity contribution in [1.82, 2.24) is 5.32 Å². The highest BCUT2D eigenvalue weighted by Crippen LogP contribution is 2.25. The molecule has 0 aromatic heterocycles. The Balaban J connectivity index is 1.80. The highest BCUT2D eigenvalue weighted by Gasteiger charge is 2.16. The molecule has 158 valence electrons. The molecule has 2 aromatic rings. The first-order valence-corrected chi connectivity index (χ1v) is 10.8. The normalized spacial score (nSPS) is 12.0. The predicted octanol–water partition coefficient (Wildman–Crippen LogP) is 2.05. The summed E-state index contributed by atoms with van der Waals surface area (Å²) >= 11 is 0. The molecule has 0 fully saturated rings. The standard InChI is InChI=1S/C20H26N2O6S/c1-15(28-17-11-9-16(10-12-17)22(2)29(4,24)25)20(23)21-13-14-27-19-8-6-5-7-18(19)26-3/h5-12,15H,13-14H2,1-4H3,(H,21,23). The first kappa shape index (κ1) is 22.4. The molecule has 0 saturated heterocycles. The van der Waals surface area contributed by atoms with E-state index in [2.05, 4.69) is 5.32 Å². The number of nitrogens with zero attached hydrogens (tertiary/aromatic N) is 1. The number of anilines is 1. The average molecular weight is 423 g/mol. The Labute approximate surface area is 171 Å². The van der Waals surface area contributed by atoms with Gasteiger partial charge >= 0.3 is 0 Å². The van der Waals surface area contributed by atoms with E-state index in [1.54, 1.807) is 50.4 Å². The molecule has 9 heteroatoms. The molecule has 0 aliphatic rings. The average Bonchev–Trinajstić information content (AvgIpc) is 2.70. The number of rotatable bonds is 10. The van der Waals surface area contributed by atoms with Crippen molar-refractivity contribution >= 4 is 21.6 Å². The zero-order valence-electron chi connectivity index (χ0n) is 16.9. The topological polar surface area (TPSA) is 94.2 Å². The van der Waals surface area contributed by atoms with Crippen LogP contribution in [0.5, 0.6) is 17.2 Å². The molecule has 29 heavy (non-hydrogen) atoms. The number of hydrogen-bond acceptors (Lipinski definition) is 6. The van der Waals surface area contributed by atoms with E-state index < -0.39 is 16.1 Å². The van der Waals surface area contributed by atoms with Crippen LogP contribution in [0.1, 0.15) is 6.92 Å². The fraction of sp³-hybridized carbons (Fsp3) is 0.350. The van der Waals surface area contributed by atoms with Crippen molar-refractivity contribution in [3.05, 3.63) is 48.5 Å². The van der Waals surface area contributed by atoms with Gasteiger partial charge in [0.2, 0.25) is 10.0 Å². The maximum atomic E-state index is 12.2. The first-order valence-electron chi connectivity index (χ1n) is 8.96. The zero-order chi connectivity index (χ0) is 21.4. The maximum absolute atomic E-state index is 12.2. The molecule has 1 N–H and O–H groups in total. The van der Waals surface area contributed by atoms with E-state index >= 15 is 0 Å². The summed E-state index contributed by atoms with van der Waals surface area (Å²) in [4.78, 5) is 12.2. The summed E-state index contributed by atoms with van der Waals surface area (Å²) in [6.45, 7) is 2.22. The van der Waals surface area contributed by atoms with Gasteiger partial charge < -0.3 is 19.5 Å². The SMILES string of the molecule is COc1ccccc1OCCNC(=O)C(C)Oc1ccc(N(C)S(C)(=O)=O)cc1. The fourth-order valence-electron chi connectivity index (χ4n) is 2.40. The minimum Gasteiger partial charge on any atom is -0.493 e. The molecule has 8 nitrogen and oxygen atoms in total. The van der Waals surface area contributed by atoms with Crippen LogP contribution in [0.3, 0.4) is 0 Å². The Bertz CT molecular complexity index is 915. The van der Waals surface area contributed by atoms with E-state index in [0.29, 0.717) is 29.5 Å². The van der Waals surface area contributed by atoms with E-state index in [1.807, 2.05) is 12.1 Å². The molecule has 2 rings (SSSR count). The van der Waals surface area contributed by atoms with Crippen LogP contribution in [0.4, 0.5) is 5.69 Å². The number of amides is 1. The molecule has 1 amide bonds. The van der Waals surface area contributed by atoms with Gasteiger partial charge in [-0.2, -0.15) is 0 Å². The van der Waals surface area contributed by atoms with Crippen molar-refractivity contribution in [2.75, 3.05) is 37.9 Å². The van der Waals surface area contributed by atoms with E-state index in [4.69, 9.17) is 14.2 Å². The Hall–Kier alpha value is -2.94. The minimum absolute atomic E-state index is 0.283. The Kier molecular flexibility index (Phi) is 7.72. The Morgan fingerprint density at radius 3 is 2.31 bits per heavy atom. The van der Waals surface area contributed by atoms with Crippen molar-refractivity contribution in [3.8, 4) is 17.2 Å². The number of sulfonamides is 1. The first-order chi connectivity index (χ1) is 13.7. The third kappa shape index (κ3) is 6.56. The van der Waals surface area contributed by atoms with Gasteiger partial charge in [0.1, 0.15) is 12.4 Å². The van der Waals surface area contributed by atoms with Crippen molar-refractivity contribution in [2.24, 2.45) is 0 Å². The molecule has 0 heterocycles. The summed E-state index contributed by atoms with van der Waals surface area (Å²) in [5, 5.41) is 2.74. The van der Waals surface area contributed by atoms with Crippen molar-refractivity contribution in [1.29, 1.82) is 0 Å². The molecule has 1 unspecified atom stereocenters. The van der Waals surface area contributed by atoms with Gasteiger partial charge in [-0.25, -0.2) is 8.42 Å². The number of carbonyl (C=O) groups excluding carboxylic acids is 1. The van der Waals surface area contributed by atoms with Crippen LogP contribution in [0.25, 0.3) is 0 Å². The Morgan fingerprint density at radius 2 is 1.72 bits per heavy atom. The molecule has 2 aromatic carbocycles. The lowest BCUT2D eigenvalue weighted by molar-refractivity contribution is -0.127. The quantitative estimate of drug-likeness (QED) is 0.589. The van der Waals surface area contributed by atoms with Crippen LogP contribution in [0.15, 0.2) is 48.5 Å². The maximum Gasteiger partial charge on any atom is 0.260 e. The second kappa shape index (κ2) is 10.0. The van der Waals surface area contributed by atoms with Crippen molar-refractivity contribution in [2.45, 2.75) is 13.0 Å². The van der Waals surface area contributed by atoms with Gasteiger partial charge in [-0.15, -0.1) is 0 Å². The lowest BCUT2D eigenvalue weighted by atomic mass is 10.3. The van der Waals surface area contributed by atoms with Gasteiger partial charge in [-0.05, 0) is 43.3 Å². The summed E-state index contributed by atoms with van der Waals surface area (Å²) < 4.78 is 40.7. The third-order valence-corrected chi connectivity index (χ3v) is 5.31. The van der Waals surface area contributed by atoms with Gasteiger partial charge in [0, 0.05) is 7.05 Å². The number of benzene rings is 2. The third-order valence-electron chi connectivity index (χ3n) is 4.11. The number of ether oxygens (including phenoxy) is 3. The van der Waals surface area contributed by atoms with Crippen LogP contribution in [0, 0.1) is 0 Å². The minimum atomic E-state index is -3.33. The second-order valence-corrected chi connectivity index (χ2v) is 8.29. The van der Waals surface area contributed by atoms with Gasteiger partial charge in [0.25, 0.3) is 5.91 Å². The van der Waals surface area contributed by atoms with Gasteiger partial charge in [0.15, 0.2) is 17.6 Å². The van der Waals surface area contributed by atoms with Crippen LogP contribution in [0.2, 0.25) is 0 Å². The number of carbonyl (C=O) groups is 1. The summed E-state index contributed by atoms with van der Waals surface area (Å²) in [5.41, 5.74) is 0.505. The number of para-hydroxylation sites is 2. The van der Waals surface area contributed by atoms with E-state index in [-0.39, 0.29) is 12.5 Å². The van der Waals surface area contributed by atoms with Crippen LogP contribution >= 0.6 is 0 Å². The Morgan fingerprint density at radius 1 is 1.10 bits per heavy atom. The van der Waals surface area contributed by atoms with Gasteiger partial charge in [-0.1, -0.05) is 12.1 Å². The molecule has 1 atom stereocenters. The summed E-state index contributed by atoms with van der Waals surface area (Å²) in [7, 11) is -0.303. The smallest absolute Gasteiger partial charge is 0.260 e. The summed E-state index contributed by atoms with van der Waals surface area (Å²) in [6, 6.07) is 13.7. The zero-order valence-corrected chi connectivity index (χ0v) is 17.7. The predicted molar refractivity (Wildman–Crippen MR) is 111 cm³/mol. The van der Waals surface area contributed by atoms with Gasteiger partial charge in [0.05, 0.1) is 25.6 Å². The molecule has 0 radical (unpaired) electrons. The molecule has 0 aliphatic heterocycles. The highest BCUT2D eigenvalue weighted by molar-refractivity contribution is 7.92.